The van der Waals surface area contributed by atoms with Gasteiger partial charge in [-0.1, -0.05) is 42.5 Å². The zero-order valence-corrected chi connectivity index (χ0v) is 12.4. The third-order valence-electron chi connectivity index (χ3n) is 3.22. The Morgan fingerprint density at radius 1 is 1.14 bits per heavy atom. The Balaban J connectivity index is 2.17. The van der Waals surface area contributed by atoms with Gasteiger partial charge in [0.1, 0.15) is 5.75 Å². The molecule has 4 nitrogen and oxygen atoms in total. The van der Waals surface area contributed by atoms with E-state index in [1.54, 1.807) is 0 Å². The minimum Gasteiger partial charge on any atom is -0.492 e. The summed E-state index contributed by atoms with van der Waals surface area (Å²) in [5, 5.41) is 4.85. The number of ether oxygens (including phenoxy) is 1. The lowest BCUT2D eigenvalue weighted by Crippen LogP contribution is -2.83. The van der Waals surface area contributed by atoms with Gasteiger partial charge in [-0.25, -0.2) is 0 Å². The summed E-state index contributed by atoms with van der Waals surface area (Å²) < 4.78 is 5.53. The van der Waals surface area contributed by atoms with Crippen molar-refractivity contribution in [3.8, 4) is 5.75 Å². The van der Waals surface area contributed by atoms with Crippen LogP contribution in [0, 0.1) is 0 Å². The summed E-state index contributed by atoms with van der Waals surface area (Å²) in [6.07, 6.45) is 0. The maximum absolute atomic E-state index is 12.5. The number of quaternary nitrogens is 1. The molecular formula is C17H21N2O2+. The molecule has 0 bridgehead atoms. The predicted molar refractivity (Wildman–Crippen MR) is 83.3 cm³/mol. The topological polar surface area (TPSA) is 54.9 Å². The fourth-order valence-electron chi connectivity index (χ4n) is 2.22. The Hall–Kier alpha value is -2.33. The molecule has 0 saturated carbocycles. The van der Waals surface area contributed by atoms with Gasteiger partial charge < -0.3 is 15.4 Å². The van der Waals surface area contributed by atoms with Crippen molar-refractivity contribution in [2.75, 3.05) is 19.0 Å². The van der Waals surface area contributed by atoms with Gasteiger partial charge >= 0.3 is 0 Å². The van der Waals surface area contributed by atoms with Gasteiger partial charge in [-0.15, -0.1) is 0 Å². The van der Waals surface area contributed by atoms with Gasteiger partial charge in [0, 0.05) is 5.56 Å². The van der Waals surface area contributed by atoms with E-state index in [9.17, 15) is 4.79 Å². The summed E-state index contributed by atoms with van der Waals surface area (Å²) >= 11 is 0. The first kappa shape index (κ1) is 15.1. The summed E-state index contributed by atoms with van der Waals surface area (Å²) in [5.74, 6) is 0.632. The van der Waals surface area contributed by atoms with Gasteiger partial charge in [-0.05, 0) is 19.1 Å². The van der Waals surface area contributed by atoms with Crippen LogP contribution in [0.25, 0.3) is 0 Å². The molecule has 0 fully saturated rings. The Labute approximate surface area is 125 Å². The minimum atomic E-state index is -0.277. The number of anilines is 1. The van der Waals surface area contributed by atoms with Crippen LogP contribution < -0.4 is 15.4 Å². The van der Waals surface area contributed by atoms with E-state index in [1.165, 1.54) is 0 Å². The summed E-state index contributed by atoms with van der Waals surface area (Å²) in [5.41, 5.74) is 1.68. The van der Waals surface area contributed by atoms with Crippen LogP contribution in [0.3, 0.4) is 0 Å². The quantitative estimate of drug-likeness (QED) is 0.852. The van der Waals surface area contributed by atoms with Gasteiger partial charge in [0.05, 0.1) is 19.3 Å². The number of nitrogens with two attached hydrogens (primary N) is 1. The van der Waals surface area contributed by atoms with E-state index < -0.39 is 0 Å². The number of hydrogen-bond donors (Lipinski definition) is 2. The van der Waals surface area contributed by atoms with E-state index in [0.29, 0.717) is 18.0 Å². The first-order valence-corrected chi connectivity index (χ1v) is 7.13. The van der Waals surface area contributed by atoms with Gasteiger partial charge in [-0.2, -0.15) is 0 Å². The fourth-order valence-corrected chi connectivity index (χ4v) is 2.22. The summed E-state index contributed by atoms with van der Waals surface area (Å²) in [6.45, 7) is 2.49. The SMILES string of the molecule is CCOc1ccccc1NC(=O)[C@@H]([NH2+]C)c1ccccc1. The maximum atomic E-state index is 12.5. The predicted octanol–water partition coefficient (Wildman–Crippen LogP) is 1.96. The number of likely N-dealkylation sites (N-methyl/N-ethyl adjacent to an activating group) is 1. The van der Waals surface area contributed by atoms with Crippen LogP contribution in [0.15, 0.2) is 54.6 Å². The number of nitrogens with one attached hydrogen (secondary N) is 1. The van der Waals surface area contributed by atoms with Crippen molar-refractivity contribution in [2.24, 2.45) is 0 Å². The van der Waals surface area contributed by atoms with E-state index in [-0.39, 0.29) is 11.9 Å². The summed E-state index contributed by atoms with van der Waals surface area (Å²) in [4.78, 5) is 12.5. The van der Waals surface area contributed by atoms with Gasteiger partial charge in [0.15, 0.2) is 6.04 Å². The van der Waals surface area contributed by atoms with E-state index in [2.05, 4.69) is 5.32 Å². The Morgan fingerprint density at radius 3 is 2.48 bits per heavy atom. The molecule has 0 saturated heterocycles. The lowest BCUT2D eigenvalue weighted by Gasteiger charge is -2.15. The lowest BCUT2D eigenvalue weighted by atomic mass is 10.1. The summed E-state index contributed by atoms with van der Waals surface area (Å²) in [6, 6.07) is 16.9. The average Bonchev–Trinajstić information content (AvgIpc) is 2.51. The van der Waals surface area contributed by atoms with E-state index in [0.717, 1.165) is 5.56 Å². The molecule has 2 aromatic rings. The molecule has 0 aliphatic carbocycles. The Morgan fingerprint density at radius 2 is 1.81 bits per heavy atom. The smallest absolute Gasteiger partial charge is 0.287 e. The number of para-hydroxylation sites is 2. The third kappa shape index (κ3) is 3.83. The Bertz CT molecular complexity index is 584. The molecule has 3 N–H and O–H groups in total. The molecule has 0 radical (unpaired) electrons. The zero-order valence-electron chi connectivity index (χ0n) is 12.4. The normalized spacial score (nSPS) is 11.7. The molecule has 0 aliphatic heterocycles. The van der Waals surface area contributed by atoms with Crippen molar-refractivity contribution < 1.29 is 14.8 Å². The second-order valence-corrected chi connectivity index (χ2v) is 4.64. The van der Waals surface area contributed by atoms with Gasteiger partial charge in [0.25, 0.3) is 5.91 Å². The van der Waals surface area contributed by atoms with Crippen molar-refractivity contribution in [1.29, 1.82) is 0 Å². The second kappa shape index (κ2) is 7.45. The fraction of sp³-hybridized carbons (Fsp3) is 0.235. The van der Waals surface area contributed by atoms with Crippen LogP contribution in [0.4, 0.5) is 5.69 Å². The van der Waals surface area contributed by atoms with Crippen LogP contribution in [-0.2, 0) is 4.79 Å². The molecule has 110 valence electrons. The van der Waals surface area contributed by atoms with Crippen LogP contribution in [0.5, 0.6) is 5.75 Å². The van der Waals surface area contributed by atoms with Crippen molar-refractivity contribution in [1.82, 2.24) is 0 Å². The standard InChI is InChI=1S/C17H20N2O2/c1-3-21-15-12-8-7-11-14(15)19-17(20)16(18-2)13-9-5-4-6-10-13/h4-12,16,18H,3H2,1-2H3,(H,19,20)/p+1/t16-/m0/s1. The molecule has 0 heterocycles. The monoisotopic (exact) mass is 285 g/mol. The van der Waals surface area contributed by atoms with Crippen LogP contribution in [0.1, 0.15) is 18.5 Å². The van der Waals surface area contributed by atoms with Crippen LogP contribution >= 0.6 is 0 Å². The van der Waals surface area contributed by atoms with E-state index >= 15 is 0 Å². The highest BCUT2D eigenvalue weighted by Gasteiger charge is 2.23. The summed E-state index contributed by atoms with van der Waals surface area (Å²) in [7, 11) is 1.89. The molecule has 4 heteroatoms. The lowest BCUT2D eigenvalue weighted by molar-refractivity contribution is -0.656. The minimum absolute atomic E-state index is 0.0594. The van der Waals surface area contributed by atoms with Crippen molar-refractivity contribution in [2.45, 2.75) is 13.0 Å². The number of carbonyl (C=O) groups excluding carboxylic acids is 1. The number of amides is 1. The van der Waals surface area contributed by atoms with E-state index in [1.807, 2.05) is 73.9 Å². The number of carbonyl (C=O) groups is 1. The number of benzene rings is 2. The molecule has 0 aliphatic rings. The molecule has 21 heavy (non-hydrogen) atoms. The van der Waals surface area contributed by atoms with Crippen LogP contribution in [-0.4, -0.2) is 19.6 Å². The molecule has 0 unspecified atom stereocenters. The van der Waals surface area contributed by atoms with Gasteiger partial charge in [0.2, 0.25) is 0 Å². The molecule has 2 aromatic carbocycles. The van der Waals surface area contributed by atoms with Crippen molar-refractivity contribution in [3.05, 3.63) is 60.2 Å². The first-order valence-electron chi connectivity index (χ1n) is 7.13. The van der Waals surface area contributed by atoms with Gasteiger partial charge in [-0.3, -0.25) is 4.79 Å². The highest BCUT2D eigenvalue weighted by atomic mass is 16.5. The van der Waals surface area contributed by atoms with E-state index in [4.69, 9.17) is 4.74 Å². The highest BCUT2D eigenvalue weighted by Crippen LogP contribution is 2.24. The zero-order chi connectivity index (χ0) is 15.1. The van der Waals surface area contributed by atoms with Crippen LogP contribution in [0.2, 0.25) is 0 Å². The highest BCUT2D eigenvalue weighted by molar-refractivity contribution is 5.95. The average molecular weight is 285 g/mol. The molecule has 0 spiro atoms. The van der Waals surface area contributed by atoms with Crippen molar-refractivity contribution >= 4 is 11.6 Å². The second-order valence-electron chi connectivity index (χ2n) is 4.64. The molecular weight excluding hydrogens is 264 g/mol. The third-order valence-corrected chi connectivity index (χ3v) is 3.22. The number of hydrogen-bond acceptors (Lipinski definition) is 2. The molecule has 2 rings (SSSR count). The number of rotatable bonds is 6. The van der Waals surface area contributed by atoms with Crippen molar-refractivity contribution in [3.63, 3.8) is 0 Å². The largest absolute Gasteiger partial charge is 0.492 e. The Kier molecular flexibility index (Phi) is 5.35. The molecule has 1 atom stereocenters. The first-order chi connectivity index (χ1) is 10.3. The molecule has 1 amide bonds. The maximum Gasteiger partial charge on any atom is 0.287 e. The molecule has 0 aromatic heterocycles.